The first-order valence-corrected chi connectivity index (χ1v) is 2.95. The van der Waals surface area contributed by atoms with E-state index in [0.717, 1.165) is 5.70 Å². The van der Waals surface area contributed by atoms with Crippen molar-refractivity contribution in [2.45, 2.75) is 0 Å². The van der Waals surface area contributed by atoms with E-state index in [2.05, 4.69) is 21.7 Å². The molecular formula is C4H5N3S. The Hall–Kier alpha value is -0.770. The molecule has 1 rings (SSSR count). The van der Waals surface area contributed by atoms with Gasteiger partial charge in [-0.15, -0.1) is 5.11 Å². The molecule has 0 spiro atoms. The van der Waals surface area contributed by atoms with Crippen molar-refractivity contribution in [1.29, 1.82) is 0 Å². The monoisotopic (exact) mass is 127 g/mol. The fourth-order valence-electron chi connectivity index (χ4n) is 0.301. The summed E-state index contributed by atoms with van der Waals surface area (Å²) in [6.07, 6.45) is 1.65. The Morgan fingerprint density at radius 2 is 2.75 bits per heavy atom. The lowest BCUT2D eigenvalue weighted by atomic mass is 10.5. The van der Waals surface area contributed by atoms with E-state index in [-0.39, 0.29) is 0 Å². The fraction of sp³-hybridized carbons (Fsp3) is 0. The minimum Gasteiger partial charge on any atom is -0.229 e. The third-order valence-electron chi connectivity index (χ3n) is 0.648. The number of hydrogen-bond donors (Lipinski definition) is 1. The zero-order chi connectivity index (χ0) is 5.82. The molecule has 0 atom stereocenters. The van der Waals surface area contributed by atoms with Gasteiger partial charge in [0.15, 0.2) is 0 Å². The molecule has 1 N–H and O–H groups in total. The van der Waals surface area contributed by atoms with Crippen LogP contribution in [0.3, 0.4) is 0 Å². The van der Waals surface area contributed by atoms with Gasteiger partial charge in [0.25, 0.3) is 0 Å². The summed E-state index contributed by atoms with van der Waals surface area (Å²) in [5.41, 5.74) is 0.800. The van der Waals surface area contributed by atoms with Crippen LogP contribution < -0.4 is 4.83 Å². The van der Waals surface area contributed by atoms with Gasteiger partial charge in [-0.1, -0.05) is 11.8 Å². The zero-order valence-electron chi connectivity index (χ0n) is 4.16. The van der Waals surface area contributed by atoms with Crippen LogP contribution in [0, 0.1) is 0 Å². The van der Waals surface area contributed by atoms with E-state index in [1.54, 1.807) is 6.08 Å². The van der Waals surface area contributed by atoms with E-state index in [4.69, 9.17) is 0 Å². The van der Waals surface area contributed by atoms with Crippen molar-refractivity contribution >= 4 is 11.9 Å². The van der Waals surface area contributed by atoms with Crippen LogP contribution in [-0.2, 0) is 0 Å². The Morgan fingerprint density at radius 3 is 3.12 bits per heavy atom. The van der Waals surface area contributed by atoms with Crippen LogP contribution in [0.4, 0.5) is 0 Å². The Balaban J connectivity index is 2.64. The highest BCUT2D eigenvalue weighted by molar-refractivity contribution is 8.00. The van der Waals surface area contributed by atoms with E-state index in [9.17, 15) is 0 Å². The highest BCUT2D eigenvalue weighted by Crippen LogP contribution is 2.10. The SMILES string of the molecule is C=CC1=CSNN=N1. The highest BCUT2D eigenvalue weighted by atomic mass is 32.2. The summed E-state index contributed by atoms with van der Waals surface area (Å²) in [6, 6.07) is 0. The average Bonchev–Trinajstić information content (AvgIpc) is 1.90. The van der Waals surface area contributed by atoms with Crippen molar-refractivity contribution in [2.75, 3.05) is 0 Å². The maximum absolute atomic E-state index is 3.68. The predicted octanol–water partition coefficient (Wildman–Crippen LogP) is 1.63. The molecule has 0 fully saturated rings. The van der Waals surface area contributed by atoms with Gasteiger partial charge in [0.2, 0.25) is 0 Å². The Morgan fingerprint density at radius 1 is 1.88 bits per heavy atom. The Kier molecular flexibility index (Phi) is 1.69. The van der Waals surface area contributed by atoms with Gasteiger partial charge in [0, 0.05) is 5.41 Å². The van der Waals surface area contributed by atoms with Gasteiger partial charge in [-0.3, -0.25) is 0 Å². The van der Waals surface area contributed by atoms with Crippen LogP contribution in [0.5, 0.6) is 0 Å². The Labute approximate surface area is 51.7 Å². The number of allylic oxidation sites excluding steroid dienone is 1. The standard InChI is InChI=1S/C4H5N3S/c1-2-4-3-8-7-6-5-4/h2-3H,1H2,(H,5,7). The van der Waals surface area contributed by atoms with Crippen LogP contribution in [0.1, 0.15) is 0 Å². The quantitative estimate of drug-likeness (QED) is 0.543. The predicted molar refractivity (Wildman–Crippen MR) is 33.9 cm³/mol. The van der Waals surface area contributed by atoms with Gasteiger partial charge < -0.3 is 0 Å². The lowest BCUT2D eigenvalue weighted by Gasteiger charge is -1.97. The number of rotatable bonds is 1. The molecule has 1 aliphatic rings. The fourth-order valence-corrected chi connectivity index (χ4v) is 0.706. The summed E-state index contributed by atoms with van der Waals surface area (Å²) in [4.78, 5) is 2.60. The molecule has 1 aliphatic heterocycles. The summed E-state index contributed by atoms with van der Waals surface area (Å²) in [5, 5.41) is 9.05. The third kappa shape index (κ3) is 1.10. The maximum atomic E-state index is 3.68. The lowest BCUT2D eigenvalue weighted by Crippen LogP contribution is -1.91. The number of nitrogens with one attached hydrogen (secondary N) is 1. The second-order valence-electron chi connectivity index (χ2n) is 1.16. The highest BCUT2D eigenvalue weighted by Gasteiger charge is 1.90. The molecule has 0 aromatic carbocycles. The van der Waals surface area contributed by atoms with Crippen molar-refractivity contribution in [3.63, 3.8) is 0 Å². The normalized spacial score (nSPS) is 16.8. The molecule has 0 unspecified atom stereocenters. The van der Waals surface area contributed by atoms with Crippen LogP contribution >= 0.6 is 11.9 Å². The van der Waals surface area contributed by atoms with E-state index in [1.165, 1.54) is 11.9 Å². The molecular weight excluding hydrogens is 122 g/mol. The Bertz CT molecular complexity index is 149. The van der Waals surface area contributed by atoms with Crippen molar-refractivity contribution in [3.05, 3.63) is 23.8 Å². The molecule has 3 nitrogen and oxygen atoms in total. The van der Waals surface area contributed by atoms with Gasteiger partial charge in [-0.25, -0.2) is 4.83 Å². The summed E-state index contributed by atoms with van der Waals surface area (Å²) in [7, 11) is 0. The topological polar surface area (TPSA) is 36.8 Å². The smallest absolute Gasteiger partial charge is 0.0949 e. The minimum atomic E-state index is 0.800. The molecule has 0 aliphatic carbocycles. The number of hydrogen-bond acceptors (Lipinski definition) is 4. The van der Waals surface area contributed by atoms with Crippen molar-refractivity contribution in [2.24, 2.45) is 10.3 Å². The summed E-state index contributed by atoms with van der Waals surface area (Å²) in [6.45, 7) is 3.52. The first kappa shape index (κ1) is 5.37. The van der Waals surface area contributed by atoms with E-state index < -0.39 is 0 Å². The first-order valence-electron chi connectivity index (χ1n) is 2.07. The second kappa shape index (κ2) is 2.52. The summed E-state index contributed by atoms with van der Waals surface area (Å²) < 4.78 is 0. The minimum absolute atomic E-state index is 0.800. The molecule has 8 heavy (non-hydrogen) atoms. The molecule has 0 saturated heterocycles. The second-order valence-corrected chi connectivity index (χ2v) is 1.81. The van der Waals surface area contributed by atoms with E-state index in [0.29, 0.717) is 0 Å². The van der Waals surface area contributed by atoms with Crippen LogP contribution in [-0.4, -0.2) is 0 Å². The average molecular weight is 127 g/mol. The van der Waals surface area contributed by atoms with Crippen molar-refractivity contribution < 1.29 is 0 Å². The van der Waals surface area contributed by atoms with Gasteiger partial charge in [-0.05, 0) is 18.0 Å². The van der Waals surface area contributed by atoms with Crippen LogP contribution in [0.2, 0.25) is 0 Å². The molecule has 0 aromatic heterocycles. The van der Waals surface area contributed by atoms with Gasteiger partial charge in [0.1, 0.15) is 0 Å². The molecule has 0 amide bonds. The number of nitrogens with zero attached hydrogens (tertiary/aromatic N) is 2. The van der Waals surface area contributed by atoms with E-state index in [1.807, 2.05) is 5.41 Å². The third-order valence-corrected chi connectivity index (χ3v) is 1.19. The van der Waals surface area contributed by atoms with Gasteiger partial charge in [0.05, 0.1) is 5.70 Å². The molecule has 0 saturated carbocycles. The first-order chi connectivity index (χ1) is 3.93. The molecule has 4 heteroatoms. The molecule has 0 aromatic rings. The molecule has 42 valence electrons. The molecule has 1 heterocycles. The largest absolute Gasteiger partial charge is 0.229 e. The van der Waals surface area contributed by atoms with Crippen LogP contribution in [0.25, 0.3) is 0 Å². The zero-order valence-corrected chi connectivity index (χ0v) is 4.98. The van der Waals surface area contributed by atoms with Crippen molar-refractivity contribution in [1.82, 2.24) is 4.83 Å². The van der Waals surface area contributed by atoms with Gasteiger partial charge >= 0.3 is 0 Å². The van der Waals surface area contributed by atoms with Crippen molar-refractivity contribution in [3.8, 4) is 0 Å². The van der Waals surface area contributed by atoms with E-state index >= 15 is 0 Å². The summed E-state index contributed by atoms with van der Waals surface area (Å²) >= 11 is 1.38. The molecule has 0 bridgehead atoms. The molecule has 0 radical (unpaired) electrons. The lowest BCUT2D eigenvalue weighted by molar-refractivity contribution is 0.945. The maximum Gasteiger partial charge on any atom is 0.0949 e. The van der Waals surface area contributed by atoms with Gasteiger partial charge in [-0.2, -0.15) is 0 Å². The van der Waals surface area contributed by atoms with Crippen LogP contribution in [0.15, 0.2) is 34.1 Å². The summed E-state index contributed by atoms with van der Waals surface area (Å²) in [5.74, 6) is 0.